The number of nitrogens with zero attached hydrogens (tertiary/aromatic N) is 2. The van der Waals surface area contributed by atoms with Crippen LogP contribution in [0.5, 0.6) is 0 Å². The van der Waals surface area contributed by atoms with Crippen LogP contribution in [0.2, 0.25) is 0 Å². The highest BCUT2D eigenvalue weighted by Gasteiger charge is 2.44. The Morgan fingerprint density at radius 1 is 1.11 bits per heavy atom. The molecule has 5 heteroatoms. The van der Waals surface area contributed by atoms with Gasteiger partial charge in [-0.25, -0.2) is 0 Å². The summed E-state index contributed by atoms with van der Waals surface area (Å²) in [7, 11) is 1.96. The summed E-state index contributed by atoms with van der Waals surface area (Å²) in [6.07, 6.45) is 15.9. The van der Waals surface area contributed by atoms with E-state index >= 15 is 0 Å². The molecular weight excluding hydrogens is 356 g/mol. The first kappa shape index (κ1) is 19.4. The molecule has 0 bridgehead atoms. The summed E-state index contributed by atoms with van der Waals surface area (Å²) in [6.45, 7) is 1.97. The first-order chi connectivity index (χ1) is 13.1. The predicted molar refractivity (Wildman–Crippen MR) is 109 cm³/mol. The molecule has 27 heavy (non-hydrogen) atoms. The van der Waals surface area contributed by atoms with Gasteiger partial charge in [0.15, 0.2) is 0 Å². The van der Waals surface area contributed by atoms with Crippen molar-refractivity contribution >= 4 is 17.7 Å². The van der Waals surface area contributed by atoms with Gasteiger partial charge in [-0.15, -0.1) is 11.8 Å². The van der Waals surface area contributed by atoms with Gasteiger partial charge in [-0.2, -0.15) is 0 Å². The van der Waals surface area contributed by atoms with Gasteiger partial charge in [0.25, 0.3) is 5.91 Å². The van der Waals surface area contributed by atoms with Crippen molar-refractivity contribution in [3.8, 4) is 0 Å². The van der Waals surface area contributed by atoms with Gasteiger partial charge >= 0.3 is 0 Å². The van der Waals surface area contributed by atoms with Crippen LogP contribution in [0.1, 0.15) is 93.3 Å². The molecule has 0 aromatic carbocycles. The molecule has 4 nitrogen and oxygen atoms in total. The minimum Gasteiger partial charge on any atom is -0.350 e. The van der Waals surface area contributed by atoms with Gasteiger partial charge in [-0.1, -0.05) is 56.5 Å². The van der Waals surface area contributed by atoms with E-state index in [2.05, 4.69) is 5.16 Å². The maximum absolute atomic E-state index is 13.1. The highest BCUT2D eigenvalue weighted by Crippen LogP contribution is 2.44. The summed E-state index contributed by atoms with van der Waals surface area (Å²) >= 11 is 1.83. The van der Waals surface area contributed by atoms with Crippen molar-refractivity contribution in [2.45, 2.75) is 100 Å². The number of hydrogen-bond donors (Lipinski definition) is 0. The fourth-order valence-electron chi connectivity index (χ4n) is 5.11. The van der Waals surface area contributed by atoms with Crippen molar-refractivity contribution in [2.24, 2.45) is 11.8 Å². The van der Waals surface area contributed by atoms with E-state index in [0.717, 1.165) is 22.9 Å². The molecule has 1 aromatic heterocycles. The van der Waals surface area contributed by atoms with Crippen LogP contribution >= 0.6 is 11.8 Å². The number of carbonyl (C=O) groups is 1. The van der Waals surface area contributed by atoms with Crippen molar-refractivity contribution in [1.29, 1.82) is 0 Å². The van der Waals surface area contributed by atoms with Crippen molar-refractivity contribution in [2.75, 3.05) is 7.05 Å². The maximum atomic E-state index is 13.1. The number of hydrogen-bond acceptors (Lipinski definition) is 4. The molecule has 3 fully saturated rings. The van der Waals surface area contributed by atoms with Gasteiger partial charge < -0.3 is 9.42 Å². The fourth-order valence-corrected chi connectivity index (χ4v) is 6.45. The zero-order chi connectivity index (χ0) is 18.8. The van der Waals surface area contributed by atoms with Crippen LogP contribution in [0.3, 0.4) is 0 Å². The molecule has 1 unspecified atom stereocenters. The molecule has 1 aromatic rings. The van der Waals surface area contributed by atoms with E-state index in [1.807, 2.05) is 30.6 Å². The quantitative estimate of drug-likeness (QED) is 0.612. The molecule has 3 saturated carbocycles. The van der Waals surface area contributed by atoms with E-state index in [1.54, 1.807) is 0 Å². The highest BCUT2D eigenvalue weighted by atomic mass is 32.2. The Kier molecular flexibility index (Phi) is 6.15. The Bertz CT molecular complexity index is 647. The van der Waals surface area contributed by atoms with Crippen molar-refractivity contribution < 1.29 is 9.32 Å². The molecule has 2 atom stereocenters. The molecule has 1 amide bonds. The van der Waals surface area contributed by atoms with Crippen molar-refractivity contribution in [3.63, 3.8) is 0 Å². The molecule has 4 rings (SSSR count). The van der Waals surface area contributed by atoms with Gasteiger partial charge in [0.2, 0.25) is 5.76 Å². The monoisotopic (exact) mass is 390 g/mol. The van der Waals surface area contributed by atoms with Crippen LogP contribution in [0, 0.1) is 18.8 Å². The predicted octanol–water partition coefficient (Wildman–Crippen LogP) is 5.84. The molecule has 0 spiro atoms. The normalized spacial score (nSPS) is 26.9. The van der Waals surface area contributed by atoms with Crippen LogP contribution in [-0.4, -0.2) is 34.3 Å². The third-order valence-electron chi connectivity index (χ3n) is 6.90. The van der Waals surface area contributed by atoms with Crippen LogP contribution < -0.4 is 0 Å². The van der Waals surface area contributed by atoms with Crippen LogP contribution in [-0.2, 0) is 0 Å². The lowest BCUT2D eigenvalue weighted by Gasteiger charge is -2.23. The molecule has 0 aliphatic heterocycles. The SMILES string of the molecule is Cc1noc(C(=O)N(C)C2C[C@H]2CC2CCCCC2)c1SC1CCCCC1. The second kappa shape index (κ2) is 8.59. The Labute approximate surface area is 167 Å². The standard InChI is InChI=1S/C22H34N2O2S/c1-15-21(27-18-11-7-4-8-12-18)20(26-23-15)22(25)24(2)19-14-17(19)13-16-9-5-3-6-10-16/h16-19H,3-14H2,1-2H3/t17-,19?/m1/s1. The van der Waals surface area contributed by atoms with Gasteiger partial charge in [-0.3, -0.25) is 4.79 Å². The number of aromatic nitrogens is 1. The van der Waals surface area contributed by atoms with Crippen LogP contribution in [0.25, 0.3) is 0 Å². The van der Waals surface area contributed by atoms with Crippen molar-refractivity contribution in [3.05, 3.63) is 11.5 Å². The third kappa shape index (κ3) is 4.55. The molecule has 0 radical (unpaired) electrons. The van der Waals surface area contributed by atoms with E-state index in [1.165, 1.54) is 70.6 Å². The van der Waals surface area contributed by atoms with Crippen LogP contribution in [0.4, 0.5) is 0 Å². The summed E-state index contributed by atoms with van der Waals surface area (Å²) in [5.41, 5.74) is 0.872. The van der Waals surface area contributed by atoms with Gasteiger partial charge in [0.05, 0.1) is 10.6 Å². The molecular formula is C22H34N2O2S. The number of rotatable bonds is 6. The molecule has 1 heterocycles. The second-order valence-corrected chi connectivity index (χ2v) is 10.3. The Morgan fingerprint density at radius 3 is 2.48 bits per heavy atom. The molecule has 0 N–H and O–H groups in total. The number of thioether (sulfide) groups is 1. The smallest absolute Gasteiger partial charge is 0.293 e. The summed E-state index contributed by atoms with van der Waals surface area (Å²) in [6, 6.07) is 0.400. The van der Waals surface area contributed by atoms with Gasteiger partial charge in [-0.05, 0) is 44.4 Å². The van der Waals surface area contributed by atoms with Gasteiger partial charge in [0, 0.05) is 18.3 Å². The number of carbonyl (C=O) groups excluding carboxylic acids is 1. The average Bonchev–Trinajstić information content (AvgIpc) is 3.37. The third-order valence-corrected chi connectivity index (χ3v) is 8.42. The Hall–Kier alpha value is -0.970. The zero-order valence-electron chi connectivity index (χ0n) is 16.9. The fraction of sp³-hybridized carbons (Fsp3) is 0.818. The van der Waals surface area contributed by atoms with Crippen molar-refractivity contribution in [1.82, 2.24) is 10.1 Å². The summed E-state index contributed by atoms with van der Waals surface area (Å²) < 4.78 is 5.52. The van der Waals surface area contributed by atoms with E-state index < -0.39 is 0 Å². The zero-order valence-corrected chi connectivity index (χ0v) is 17.7. The van der Waals surface area contributed by atoms with E-state index in [-0.39, 0.29) is 5.91 Å². The number of amides is 1. The summed E-state index contributed by atoms with van der Waals surface area (Å²) in [4.78, 5) is 16.1. The van der Waals surface area contributed by atoms with Crippen LogP contribution in [0.15, 0.2) is 9.42 Å². The maximum Gasteiger partial charge on any atom is 0.293 e. The first-order valence-electron chi connectivity index (χ1n) is 11.0. The minimum absolute atomic E-state index is 0.0325. The lowest BCUT2D eigenvalue weighted by molar-refractivity contribution is 0.0728. The molecule has 3 aliphatic rings. The van der Waals surface area contributed by atoms with E-state index in [0.29, 0.717) is 23.0 Å². The van der Waals surface area contributed by atoms with Gasteiger partial charge in [0.1, 0.15) is 0 Å². The Balaban J connectivity index is 1.36. The topological polar surface area (TPSA) is 46.3 Å². The second-order valence-electron chi connectivity index (χ2n) is 9.02. The lowest BCUT2D eigenvalue weighted by Crippen LogP contribution is -2.30. The number of aryl methyl sites for hydroxylation is 1. The first-order valence-corrected chi connectivity index (χ1v) is 11.9. The minimum atomic E-state index is 0.0325. The summed E-state index contributed by atoms with van der Waals surface area (Å²) in [5, 5.41) is 4.74. The Morgan fingerprint density at radius 2 is 1.78 bits per heavy atom. The largest absolute Gasteiger partial charge is 0.350 e. The molecule has 3 aliphatic carbocycles. The summed E-state index contributed by atoms with van der Waals surface area (Å²) in [5.74, 6) is 2.10. The molecule has 0 saturated heterocycles. The average molecular weight is 391 g/mol. The lowest BCUT2D eigenvalue weighted by atomic mass is 9.85. The van der Waals surface area contributed by atoms with E-state index in [4.69, 9.17) is 4.52 Å². The van der Waals surface area contributed by atoms with E-state index in [9.17, 15) is 4.79 Å². The molecule has 150 valence electrons. The highest BCUT2D eigenvalue weighted by molar-refractivity contribution is 8.00.